The first-order valence-electron chi connectivity index (χ1n) is 6.76. The Morgan fingerprint density at radius 3 is 1.67 bits per heavy atom. The summed E-state index contributed by atoms with van der Waals surface area (Å²) in [5, 5.41) is 12.0. The number of hydrogen-bond donors (Lipinski definition) is 4. The first kappa shape index (κ1) is 14.7. The second-order valence-corrected chi connectivity index (χ2v) is 4.58. The predicted molar refractivity (Wildman–Crippen MR) is 89.5 cm³/mol. The Morgan fingerprint density at radius 1 is 0.714 bits per heavy atom. The molecule has 2 aromatic rings. The second kappa shape index (κ2) is 6.65. The van der Waals surface area contributed by atoms with Crippen LogP contribution in [0.1, 0.15) is 10.4 Å². The minimum absolute atomic E-state index is 0.138. The third-order valence-corrected chi connectivity index (χ3v) is 3.20. The molecule has 0 saturated carbocycles. The van der Waals surface area contributed by atoms with Crippen molar-refractivity contribution in [2.75, 3.05) is 42.4 Å². The van der Waals surface area contributed by atoms with Crippen LogP contribution in [0, 0.1) is 0 Å². The van der Waals surface area contributed by atoms with E-state index < -0.39 is 0 Å². The van der Waals surface area contributed by atoms with Gasteiger partial charge in [0.15, 0.2) is 0 Å². The molecule has 0 unspecified atom stereocenters. The lowest BCUT2D eigenvalue weighted by atomic mass is 10.1. The van der Waals surface area contributed by atoms with Crippen LogP contribution in [0.4, 0.5) is 22.7 Å². The summed E-state index contributed by atoms with van der Waals surface area (Å²) in [6.07, 6.45) is 0. The predicted octanol–water partition coefficient (Wildman–Crippen LogP) is 3.06. The summed E-state index contributed by atoms with van der Waals surface area (Å²) in [6, 6.07) is 13.1. The first-order chi connectivity index (χ1) is 10.2. The molecule has 0 bridgehead atoms. The number of amides is 1. The maximum absolute atomic E-state index is 12.3. The maximum atomic E-state index is 12.3. The van der Waals surface area contributed by atoms with Gasteiger partial charge in [0.05, 0.1) is 0 Å². The standard InChI is InChI=1S/C16H20N4O/c1-17-12-4-6-13(7-5-12)20-16(21)11-8-14(18-2)10-15(9-11)19-3/h4-10,17-19H,1-3H3,(H,20,21). The highest BCUT2D eigenvalue weighted by molar-refractivity contribution is 6.05. The van der Waals surface area contributed by atoms with Gasteiger partial charge in [-0.05, 0) is 42.5 Å². The molecule has 0 saturated heterocycles. The minimum atomic E-state index is -0.138. The van der Waals surface area contributed by atoms with Gasteiger partial charge in [-0.1, -0.05) is 0 Å². The van der Waals surface area contributed by atoms with Gasteiger partial charge in [0.1, 0.15) is 0 Å². The van der Waals surface area contributed by atoms with Crippen molar-refractivity contribution in [2.45, 2.75) is 0 Å². The quantitative estimate of drug-likeness (QED) is 0.681. The van der Waals surface area contributed by atoms with E-state index in [9.17, 15) is 4.79 Å². The molecular weight excluding hydrogens is 264 g/mol. The zero-order chi connectivity index (χ0) is 15.2. The van der Waals surface area contributed by atoms with E-state index >= 15 is 0 Å². The first-order valence-corrected chi connectivity index (χ1v) is 6.76. The fourth-order valence-corrected chi connectivity index (χ4v) is 1.97. The van der Waals surface area contributed by atoms with Crippen LogP contribution in [0.5, 0.6) is 0 Å². The molecule has 0 atom stereocenters. The lowest BCUT2D eigenvalue weighted by Crippen LogP contribution is -2.12. The third-order valence-electron chi connectivity index (χ3n) is 3.20. The van der Waals surface area contributed by atoms with Crippen LogP contribution in [-0.2, 0) is 0 Å². The molecule has 0 aliphatic heterocycles. The number of carbonyl (C=O) groups excluding carboxylic acids is 1. The molecule has 4 N–H and O–H groups in total. The molecule has 110 valence electrons. The molecule has 0 spiro atoms. The molecular formula is C16H20N4O. The lowest BCUT2D eigenvalue weighted by Gasteiger charge is -2.10. The molecule has 0 heterocycles. The van der Waals surface area contributed by atoms with Gasteiger partial charge in [-0.25, -0.2) is 0 Å². The number of hydrogen-bond acceptors (Lipinski definition) is 4. The topological polar surface area (TPSA) is 65.2 Å². The van der Waals surface area contributed by atoms with E-state index in [0.29, 0.717) is 5.56 Å². The average molecular weight is 284 g/mol. The normalized spacial score (nSPS) is 9.86. The third kappa shape index (κ3) is 3.66. The number of anilines is 4. The number of carbonyl (C=O) groups is 1. The zero-order valence-electron chi connectivity index (χ0n) is 12.4. The van der Waals surface area contributed by atoms with Crippen molar-refractivity contribution in [3.05, 3.63) is 48.0 Å². The highest BCUT2D eigenvalue weighted by Gasteiger charge is 2.08. The summed E-state index contributed by atoms with van der Waals surface area (Å²) < 4.78 is 0. The lowest BCUT2D eigenvalue weighted by molar-refractivity contribution is 0.102. The number of nitrogens with one attached hydrogen (secondary N) is 4. The Balaban J connectivity index is 2.18. The molecule has 0 aromatic heterocycles. The second-order valence-electron chi connectivity index (χ2n) is 4.58. The van der Waals surface area contributed by atoms with Gasteiger partial charge in [-0.15, -0.1) is 0 Å². The van der Waals surface area contributed by atoms with Crippen LogP contribution in [0.3, 0.4) is 0 Å². The molecule has 5 nitrogen and oxygen atoms in total. The van der Waals surface area contributed by atoms with E-state index in [2.05, 4.69) is 21.3 Å². The summed E-state index contributed by atoms with van der Waals surface area (Å²) in [5.74, 6) is -0.138. The molecule has 2 aromatic carbocycles. The van der Waals surface area contributed by atoms with Gasteiger partial charge >= 0.3 is 0 Å². The molecule has 21 heavy (non-hydrogen) atoms. The van der Waals surface area contributed by atoms with Crippen molar-refractivity contribution in [2.24, 2.45) is 0 Å². The summed E-state index contributed by atoms with van der Waals surface area (Å²) in [5.41, 5.74) is 4.14. The SMILES string of the molecule is CNc1ccc(NC(=O)c2cc(NC)cc(NC)c2)cc1. The smallest absolute Gasteiger partial charge is 0.255 e. The van der Waals surface area contributed by atoms with Crippen LogP contribution in [-0.4, -0.2) is 27.1 Å². The summed E-state index contributed by atoms with van der Waals surface area (Å²) in [4.78, 5) is 12.3. The monoisotopic (exact) mass is 284 g/mol. The van der Waals surface area contributed by atoms with E-state index in [1.165, 1.54) is 0 Å². The highest BCUT2D eigenvalue weighted by Crippen LogP contribution is 2.20. The van der Waals surface area contributed by atoms with Gasteiger partial charge in [-0.3, -0.25) is 4.79 Å². The number of benzene rings is 2. The largest absolute Gasteiger partial charge is 0.388 e. The summed E-state index contributed by atoms with van der Waals surface area (Å²) in [7, 11) is 5.51. The van der Waals surface area contributed by atoms with Crippen molar-refractivity contribution in [1.29, 1.82) is 0 Å². The van der Waals surface area contributed by atoms with Gasteiger partial charge < -0.3 is 21.3 Å². The highest BCUT2D eigenvalue weighted by atomic mass is 16.1. The summed E-state index contributed by atoms with van der Waals surface area (Å²) in [6.45, 7) is 0. The van der Waals surface area contributed by atoms with Crippen LogP contribution in [0.25, 0.3) is 0 Å². The summed E-state index contributed by atoms with van der Waals surface area (Å²) >= 11 is 0. The molecule has 0 aliphatic carbocycles. The molecule has 1 amide bonds. The van der Waals surface area contributed by atoms with Gasteiger partial charge in [0.2, 0.25) is 0 Å². The van der Waals surface area contributed by atoms with Crippen molar-refractivity contribution in [3.8, 4) is 0 Å². The van der Waals surface area contributed by atoms with Crippen molar-refractivity contribution >= 4 is 28.7 Å². The van der Waals surface area contributed by atoms with Crippen LogP contribution in [0.2, 0.25) is 0 Å². The molecule has 0 radical (unpaired) electrons. The Morgan fingerprint density at radius 2 is 1.19 bits per heavy atom. The fraction of sp³-hybridized carbons (Fsp3) is 0.188. The molecule has 0 fully saturated rings. The Kier molecular flexibility index (Phi) is 4.66. The van der Waals surface area contributed by atoms with Crippen LogP contribution < -0.4 is 21.3 Å². The average Bonchev–Trinajstić information content (AvgIpc) is 2.54. The van der Waals surface area contributed by atoms with Crippen LogP contribution in [0.15, 0.2) is 42.5 Å². The molecule has 5 heteroatoms. The van der Waals surface area contributed by atoms with Crippen LogP contribution >= 0.6 is 0 Å². The van der Waals surface area contributed by atoms with Gasteiger partial charge in [0.25, 0.3) is 5.91 Å². The zero-order valence-corrected chi connectivity index (χ0v) is 12.4. The van der Waals surface area contributed by atoms with Crippen molar-refractivity contribution < 1.29 is 4.79 Å². The molecule has 2 rings (SSSR count). The molecule has 0 aliphatic rings. The van der Waals surface area contributed by atoms with E-state index in [1.54, 1.807) is 0 Å². The van der Waals surface area contributed by atoms with E-state index in [0.717, 1.165) is 22.7 Å². The Hall–Kier alpha value is -2.69. The van der Waals surface area contributed by atoms with E-state index in [4.69, 9.17) is 0 Å². The van der Waals surface area contributed by atoms with Crippen molar-refractivity contribution in [1.82, 2.24) is 0 Å². The van der Waals surface area contributed by atoms with Crippen molar-refractivity contribution in [3.63, 3.8) is 0 Å². The van der Waals surface area contributed by atoms with Gasteiger partial charge in [0, 0.05) is 49.5 Å². The van der Waals surface area contributed by atoms with E-state index in [-0.39, 0.29) is 5.91 Å². The Labute approximate surface area is 124 Å². The minimum Gasteiger partial charge on any atom is -0.388 e. The number of rotatable bonds is 5. The maximum Gasteiger partial charge on any atom is 0.255 e. The van der Waals surface area contributed by atoms with Gasteiger partial charge in [-0.2, -0.15) is 0 Å². The Bertz CT molecular complexity index is 600. The fourth-order valence-electron chi connectivity index (χ4n) is 1.97. The van der Waals surface area contributed by atoms with E-state index in [1.807, 2.05) is 63.6 Å².